The van der Waals surface area contributed by atoms with Crippen LogP contribution in [0.3, 0.4) is 0 Å². The number of carbonyl (C=O) groups is 3. The van der Waals surface area contributed by atoms with E-state index in [1.807, 2.05) is 11.8 Å². The van der Waals surface area contributed by atoms with Crippen LogP contribution in [0.25, 0.3) is 5.65 Å². The minimum atomic E-state index is -4.62. The average Bonchev–Trinajstić information content (AvgIpc) is 3.49. The highest BCUT2D eigenvalue weighted by atomic mass is 19.4. The number of fused-ring (bicyclic) bond motifs is 1. The number of anilines is 1. The number of aryl methyl sites for hydroxylation is 1. The van der Waals surface area contributed by atoms with Gasteiger partial charge in [0.1, 0.15) is 5.69 Å². The zero-order valence-corrected chi connectivity index (χ0v) is 26.9. The molecule has 4 aromatic rings. The van der Waals surface area contributed by atoms with Gasteiger partial charge in [-0.3, -0.25) is 19.3 Å². The van der Waals surface area contributed by atoms with Crippen molar-refractivity contribution in [2.75, 3.05) is 44.6 Å². The van der Waals surface area contributed by atoms with Crippen LogP contribution in [0.15, 0.2) is 60.9 Å². The van der Waals surface area contributed by atoms with Crippen molar-refractivity contribution in [2.45, 2.75) is 38.9 Å². The second-order valence-electron chi connectivity index (χ2n) is 11.8. The number of nitrogens with zero attached hydrogens (tertiary/aromatic N) is 5. The van der Waals surface area contributed by atoms with Crippen molar-refractivity contribution in [3.63, 3.8) is 0 Å². The lowest BCUT2D eigenvalue weighted by molar-refractivity contribution is -0.139. The maximum atomic E-state index is 14.2. The van der Waals surface area contributed by atoms with Gasteiger partial charge in [0.15, 0.2) is 5.65 Å². The highest BCUT2D eigenvalue weighted by Crippen LogP contribution is 2.35. The molecule has 0 radical (unpaired) electrons. The van der Waals surface area contributed by atoms with E-state index in [9.17, 15) is 27.6 Å². The number of rotatable bonds is 11. The van der Waals surface area contributed by atoms with Gasteiger partial charge in [0.05, 0.1) is 18.2 Å². The number of hydrogen-bond acceptors (Lipinski definition) is 7. The van der Waals surface area contributed by atoms with Crippen LogP contribution in [0, 0.1) is 18.8 Å². The fourth-order valence-corrected chi connectivity index (χ4v) is 5.45. The molecule has 0 spiro atoms. The first-order chi connectivity index (χ1) is 23.5. The van der Waals surface area contributed by atoms with E-state index in [0.717, 1.165) is 11.6 Å². The lowest BCUT2D eigenvalue weighted by Crippen LogP contribution is -2.46. The number of piperazine rings is 1. The third-order valence-corrected chi connectivity index (χ3v) is 8.17. The van der Waals surface area contributed by atoms with E-state index >= 15 is 0 Å². The Morgan fingerprint density at radius 3 is 2.51 bits per heavy atom. The number of hydrogen-bond donors (Lipinski definition) is 3. The number of nitrogens with one attached hydrogen (secondary N) is 2. The van der Waals surface area contributed by atoms with Crippen LogP contribution in [0.4, 0.5) is 18.9 Å². The molecule has 256 valence electrons. The molecule has 0 unspecified atom stereocenters. The van der Waals surface area contributed by atoms with Crippen molar-refractivity contribution < 1.29 is 32.7 Å². The largest absolute Gasteiger partial charge is 0.481 e. The number of halogens is 3. The standard InChI is InChI=1S/C35H36F3N7O4/c1-24-5-6-26(20-25(24)8-10-29-22-40-31-4-2-14-41-45(29)31)34(49)42-28-9-7-27(30(21-28)35(36,37)38)23-44-18-16-43(17-19-44)15-3-13-39-32(46)11-12-33(47)48/h2,4-7,9,14,20-22H,3,11-13,15-19,23H2,1H3,(H,39,46)(H,42,49)(H,47,48). The van der Waals surface area contributed by atoms with Crippen molar-refractivity contribution in [2.24, 2.45) is 0 Å². The Kier molecular flexibility index (Phi) is 11.3. The van der Waals surface area contributed by atoms with Crippen molar-refractivity contribution >= 4 is 29.1 Å². The minimum absolute atomic E-state index is 0.0333. The smallest absolute Gasteiger partial charge is 0.416 e. The summed E-state index contributed by atoms with van der Waals surface area (Å²) < 4.78 is 44.2. The molecule has 5 rings (SSSR count). The van der Waals surface area contributed by atoms with Crippen LogP contribution in [-0.2, 0) is 22.3 Å². The van der Waals surface area contributed by atoms with Gasteiger partial charge in [-0.05, 0) is 73.3 Å². The summed E-state index contributed by atoms with van der Waals surface area (Å²) in [6.45, 7) is 5.59. The Bertz CT molecular complexity index is 1890. The topological polar surface area (TPSA) is 132 Å². The lowest BCUT2D eigenvalue weighted by atomic mass is 10.0. The van der Waals surface area contributed by atoms with E-state index in [0.29, 0.717) is 62.6 Å². The minimum Gasteiger partial charge on any atom is -0.481 e. The Labute approximate surface area is 281 Å². The normalized spacial score (nSPS) is 13.9. The summed E-state index contributed by atoms with van der Waals surface area (Å²) in [6.07, 6.45) is -0.981. The first kappa shape index (κ1) is 35.1. The number of aromatic nitrogens is 3. The molecule has 3 N–H and O–H groups in total. The van der Waals surface area contributed by atoms with E-state index in [4.69, 9.17) is 5.11 Å². The number of aliphatic carboxylic acids is 1. The fraction of sp³-hybridized carbons (Fsp3) is 0.343. The molecule has 14 heteroatoms. The molecule has 2 aromatic heterocycles. The van der Waals surface area contributed by atoms with Gasteiger partial charge in [-0.25, -0.2) is 9.50 Å². The van der Waals surface area contributed by atoms with Gasteiger partial charge >= 0.3 is 12.1 Å². The van der Waals surface area contributed by atoms with Gasteiger partial charge < -0.3 is 20.6 Å². The zero-order chi connectivity index (χ0) is 35.0. The summed E-state index contributed by atoms with van der Waals surface area (Å²) >= 11 is 0. The Morgan fingerprint density at radius 1 is 0.980 bits per heavy atom. The summed E-state index contributed by atoms with van der Waals surface area (Å²) in [5, 5.41) is 18.2. The van der Waals surface area contributed by atoms with E-state index in [1.165, 1.54) is 12.1 Å². The van der Waals surface area contributed by atoms with Gasteiger partial charge in [0.25, 0.3) is 5.91 Å². The molecule has 2 amide bonds. The lowest BCUT2D eigenvalue weighted by Gasteiger charge is -2.35. The van der Waals surface area contributed by atoms with E-state index in [-0.39, 0.29) is 42.1 Å². The molecular formula is C35H36F3N7O4. The highest BCUT2D eigenvalue weighted by molar-refractivity contribution is 6.04. The molecule has 2 aromatic carbocycles. The van der Waals surface area contributed by atoms with Crippen molar-refractivity contribution in [1.29, 1.82) is 0 Å². The van der Waals surface area contributed by atoms with Gasteiger partial charge in [-0.1, -0.05) is 18.1 Å². The Hall–Kier alpha value is -5.26. The molecule has 11 nitrogen and oxygen atoms in total. The Balaban J connectivity index is 1.17. The number of imidazole rings is 1. The van der Waals surface area contributed by atoms with Gasteiger partial charge in [0.2, 0.25) is 5.91 Å². The third kappa shape index (κ3) is 9.65. The maximum Gasteiger partial charge on any atom is 0.416 e. The number of amides is 2. The number of alkyl halides is 3. The molecule has 0 saturated carbocycles. The van der Waals surface area contributed by atoms with Gasteiger partial charge in [-0.15, -0.1) is 0 Å². The van der Waals surface area contributed by atoms with Crippen molar-refractivity contribution in [1.82, 2.24) is 29.7 Å². The predicted molar refractivity (Wildman–Crippen MR) is 176 cm³/mol. The summed E-state index contributed by atoms with van der Waals surface area (Å²) in [7, 11) is 0. The van der Waals surface area contributed by atoms with E-state index < -0.39 is 23.6 Å². The number of benzene rings is 2. The predicted octanol–water partition coefficient (Wildman–Crippen LogP) is 4.20. The molecule has 0 atom stereocenters. The number of carbonyl (C=O) groups excluding carboxylic acids is 2. The summed E-state index contributed by atoms with van der Waals surface area (Å²) in [6, 6.07) is 12.4. The first-order valence-electron chi connectivity index (χ1n) is 15.8. The first-order valence-corrected chi connectivity index (χ1v) is 15.8. The van der Waals surface area contributed by atoms with Crippen LogP contribution in [0.1, 0.15) is 57.6 Å². The molecule has 49 heavy (non-hydrogen) atoms. The Morgan fingerprint density at radius 2 is 1.76 bits per heavy atom. The third-order valence-electron chi connectivity index (χ3n) is 8.17. The SMILES string of the molecule is Cc1ccc(C(=O)Nc2ccc(CN3CCN(CCCNC(=O)CCC(=O)O)CC3)c(C(F)(F)F)c2)cc1C#Cc1cnc2cccnn12. The second-order valence-corrected chi connectivity index (χ2v) is 11.8. The van der Waals surface area contributed by atoms with Gasteiger partial charge in [0, 0.05) is 68.7 Å². The molecule has 1 aliphatic rings. The van der Waals surface area contributed by atoms with Crippen molar-refractivity contribution in [3.05, 3.63) is 94.4 Å². The van der Waals surface area contributed by atoms with Gasteiger partial charge in [-0.2, -0.15) is 18.3 Å². The van der Waals surface area contributed by atoms with Crippen LogP contribution in [0.2, 0.25) is 0 Å². The number of carboxylic acid groups (broad SMARTS) is 1. The molecule has 3 heterocycles. The maximum absolute atomic E-state index is 14.2. The summed E-state index contributed by atoms with van der Waals surface area (Å²) in [5.74, 6) is 4.19. The monoisotopic (exact) mass is 675 g/mol. The molecule has 1 fully saturated rings. The quantitative estimate of drug-likeness (QED) is 0.159. The molecular weight excluding hydrogens is 639 g/mol. The molecule has 1 aliphatic heterocycles. The zero-order valence-electron chi connectivity index (χ0n) is 26.9. The van der Waals surface area contributed by atoms with Crippen LogP contribution < -0.4 is 10.6 Å². The van der Waals surface area contributed by atoms with Crippen LogP contribution >= 0.6 is 0 Å². The van der Waals surface area contributed by atoms with Crippen molar-refractivity contribution in [3.8, 4) is 11.8 Å². The summed E-state index contributed by atoms with van der Waals surface area (Å²) in [5.41, 5.74) is 2.24. The summed E-state index contributed by atoms with van der Waals surface area (Å²) in [4.78, 5) is 43.8. The molecule has 0 bridgehead atoms. The average molecular weight is 676 g/mol. The van der Waals surface area contributed by atoms with E-state index in [1.54, 1.807) is 47.2 Å². The van der Waals surface area contributed by atoms with Crippen LogP contribution in [0.5, 0.6) is 0 Å². The molecule has 0 aliphatic carbocycles. The molecule has 1 saturated heterocycles. The highest BCUT2D eigenvalue weighted by Gasteiger charge is 2.34. The van der Waals surface area contributed by atoms with E-state index in [2.05, 4.69) is 37.5 Å². The van der Waals surface area contributed by atoms with Crippen LogP contribution in [-0.4, -0.2) is 86.6 Å². The second kappa shape index (κ2) is 15.8. The fourth-order valence-electron chi connectivity index (χ4n) is 5.45. The number of carboxylic acids is 1.